The molecule has 4 nitrogen and oxygen atoms in total. The van der Waals surface area contributed by atoms with Crippen molar-refractivity contribution in [3.05, 3.63) is 0 Å². The number of hydrogen-bond donors (Lipinski definition) is 3. The Morgan fingerprint density at radius 3 is 2.53 bits per heavy atom. The lowest BCUT2D eigenvalue weighted by molar-refractivity contribution is 0.0637. The zero-order valence-corrected chi connectivity index (χ0v) is 9.91. The maximum atomic E-state index is 9.38. The van der Waals surface area contributed by atoms with E-state index in [1.54, 1.807) is 7.11 Å². The quantitative estimate of drug-likeness (QED) is 0.497. The second-order valence-electron chi connectivity index (χ2n) is 3.93. The van der Waals surface area contributed by atoms with Gasteiger partial charge in [0, 0.05) is 20.3 Å². The second-order valence-corrected chi connectivity index (χ2v) is 3.93. The average molecular weight is 219 g/mol. The number of aliphatic hydroxyl groups is 2. The van der Waals surface area contributed by atoms with Crippen molar-refractivity contribution in [2.75, 3.05) is 33.4 Å². The number of nitrogens with one attached hydrogen (secondary N) is 1. The molecule has 0 heterocycles. The van der Waals surface area contributed by atoms with Crippen molar-refractivity contribution < 1.29 is 14.9 Å². The molecular formula is C11H25NO3. The molecule has 0 aliphatic carbocycles. The van der Waals surface area contributed by atoms with Gasteiger partial charge in [0.15, 0.2) is 0 Å². The minimum absolute atomic E-state index is 0.243. The first kappa shape index (κ1) is 14.8. The van der Waals surface area contributed by atoms with Crippen LogP contribution in [0.3, 0.4) is 0 Å². The van der Waals surface area contributed by atoms with Crippen molar-refractivity contribution in [2.24, 2.45) is 5.92 Å². The van der Waals surface area contributed by atoms with E-state index in [9.17, 15) is 5.11 Å². The van der Waals surface area contributed by atoms with Gasteiger partial charge in [-0.15, -0.1) is 0 Å². The smallest absolute Gasteiger partial charge is 0.0897 e. The van der Waals surface area contributed by atoms with Crippen LogP contribution in [0.4, 0.5) is 0 Å². The molecule has 15 heavy (non-hydrogen) atoms. The molecule has 0 aliphatic heterocycles. The number of hydrogen-bond acceptors (Lipinski definition) is 4. The molecule has 0 rings (SSSR count). The Balaban J connectivity index is 3.51. The summed E-state index contributed by atoms with van der Waals surface area (Å²) in [5, 5.41) is 21.4. The van der Waals surface area contributed by atoms with Gasteiger partial charge in [-0.25, -0.2) is 0 Å². The van der Waals surface area contributed by atoms with Crippen LogP contribution in [-0.2, 0) is 4.74 Å². The van der Waals surface area contributed by atoms with E-state index in [-0.39, 0.29) is 6.61 Å². The topological polar surface area (TPSA) is 61.7 Å². The fourth-order valence-corrected chi connectivity index (χ4v) is 1.64. The maximum Gasteiger partial charge on any atom is 0.0897 e. The van der Waals surface area contributed by atoms with Gasteiger partial charge in [0.1, 0.15) is 0 Å². The van der Waals surface area contributed by atoms with Gasteiger partial charge in [0.2, 0.25) is 0 Å². The molecule has 0 saturated carbocycles. The molecule has 2 atom stereocenters. The Kier molecular flexibility index (Phi) is 10.3. The summed E-state index contributed by atoms with van der Waals surface area (Å²) in [4.78, 5) is 0. The Morgan fingerprint density at radius 2 is 2.00 bits per heavy atom. The van der Waals surface area contributed by atoms with E-state index in [0.29, 0.717) is 19.1 Å². The van der Waals surface area contributed by atoms with Gasteiger partial charge < -0.3 is 20.3 Å². The second kappa shape index (κ2) is 10.4. The molecule has 0 saturated heterocycles. The van der Waals surface area contributed by atoms with E-state index >= 15 is 0 Å². The molecule has 0 fully saturated rings. The van der Waals surface area contributed by atoms with Gasteiger partial charge in [-0.05, 0) is 25.3 Å². The van der Waals surface area contributed by atoms with Crippen molar-refractivity contribution >= 4 is 0 Å². The first-order valence-corrected chi connectivity index (χ1v) is 5.73. The molecule has 4 heteroatoms. The summed E-state index contributed by atoms with van der Waals surface area (Å²) in [5.74, 6) is 0.509. The predicted octanol–water partition coefficient (Wildman–Crippen LogP) is 0.382. The Hall–Kier alpha value is -0.160. The lowest BCUT2D eigenvalue weighted by Crippen LogP contribution is -2.33. The van der Waals surface area contributed by atoms with Crippen LogP contribution >= 0.6 is 0 Å². The Labute approximate surface area is 92.6 Å². The van der Waals surface area contributed by atoms with Gasteiger partial charge in [-0.2, -0.15) is 0 Å². The van der Waals surface area contributed by atoms with Crippen molar-refractivity contribution in [1.29, 1.82) is 0 Å². The van der Waals surface area contributed by atoms with Gasteiger partial charge in [-0.1, -0.05) is 13.3 Å². The summed E-state index contributed by atoms with van der Waals surface area (Å²) >= 11 is 0. The standard InChI is InChI=1S/C11H25NO3/c1-3-4-10(5-6-13)7-12-8-11(14)9-15-2/h10-14H,3-9H2,1-2H3. The van der Waals surface area contributed by atoms with E-state index in [0.717, 1.165) is 25.8 Å². The van der Waals surface area contributed by atoms with Gasteiger partial charge in [0.05, 0.1) is 12.7 Å². The molecular weight excluding hydrogens is 194 g/mol. The lowest BCUT2D eigenvalue weighted by atomic mass is 10.0. The van der Waals surface area contributed by atoms with Gasteiger partial charge in [0.25, 0.3) is 0 Å². The van der Waals surface area contributed by atoms with Crippen LogP contribution in [0.15, 0.2) is 0 Å². The number of aliphatic hydroxyl groups excluding tert-OH is 2. The molecule has 0 aliphatic rings. The normalized spacial score (nSPS) is 15.2. The van der Waals surface area contributed by atoms with Crippen LogP contribution in [0.5, 0.6) is 0 Å². The first-order chi connectivity index (χ1) is 7.24. The third-order valence-corrected chi connectivity index (χ3v) is 2.41. The average Bonchev–Trinajstić information content (AvgIpc) is 2.19. The molecule has 0 amide bonds. The highest BCUT2D eigenvalue weighted by molar-refractivity contribution is 4.64. The number of methoxy groups -OCH3 is 1. The first-order valence-electron chi connectivity index (χ1n) is 5.73. The fourth-order valence-electron chi connectivity index (χ4n) is 1.64. The predicted molar refractivity (Wildman–Crippen MR) is 60.9 cm³/mol. The van der Waals surface area contributed by atoms with E-state index in [1.807, 2.05) is 0 Å². The van der Waals surface area contributed by atoms with Crippen LogP contribution < -0.4 is 5.32 Å². The van der Waals surface area contributed by atoms with Crippen LogP contribution in [0, 0.1) is 5.92 Å². The zero-order valence-electron chi connectivity index (χ0n) is 9.91. The molecule has 0 bridgehead atoms. The molecule has 0 aromatic heterocycles. The number of rotatable bonds is 10. The largest absolute Gasteiger partial charge is 0.396 e. The van der Waals surface area contributed by atoms with Crippen LogP contribution in [-0.4, -0.2) is 49.7 Å². The Bertz CT molecular complexity index is 127. The summed E-state index contributed by atoms with van der Waals surface area (Å²) in [6.45, 7) is 4.16. The van der Waals surface area contributed by atoms with Crippen LogP contribution in [0.1, 0.15) is 26.2 Å². The molecule has 0 aromatic rings. The lowest BCUT2D eigenvalue weighted by Gasteiger charge is -2.17. The molecule has 3 N–H and O–H groups in total. The zero-order chi connectivity index (χ0) is 11.5. The molecule has 0 radical (unpaired) electrons. The minimum atomic E-state index is -0.439. The molecule has 0 aromatic carbocycles. The van der Waals surface area contributed by atoms with E-state index in [2.05, 4.69) is 12.2 Å². The van der Waals surface area contributed by atoms with E-state index in [1.165, 1.54) is 0 Å². The third kappa shape index (κ3) is 8.81. The molecule has 0 spiro atoms. The maximum absolute atomic E-state index is 9.38. The van der Waals surface area contributed by atoms with Gasteiger partial charge >= 0.3 is 0 Å². The summed E-state index contributed by atoms with van der Waals surface area (Å²) in [7, 11) is 1.58. The van der Waals surface area contributed by atoms with E-state index in [4.69, 9.17) is 9.84 Å². The van der Waals surface area contributed by atoms with Crippen LogP contribution in [0.2, 0.25) is 0 Å². The highest BCUT2D eigenvalue weighted by Crippen LogP contribution is 2.09. The molecule has 92 valence electrons. The molecule has 2 unspecified atom stereocenters. The summed E-state index contributed by atoms with van der Waals surface area (Å²) in [6.07, 6.45) is 2.65. The van der Waals surface area contributed by atoms with Crippen molar-refractivity contribution in [3.8, 4) is 0 Å². The van der Waals surface area contributed by atoms with Crippen LogP contribution in [0.25, 0.3) is 0 Å². The highest BCUT2D eigenvalue weighted by Gasteiger charge is 2.08. The van der Waals surface area contributed by atoms with E-state index < -0.39 is 6.10 Å². The fraction of sp³-hybridized carbons (Fsp3) is 1.00. The van der Waals surface area contributed by atoms with Crippen molar-refractivity contribution in [1.82, 2.24) is 5.32 Å². The van der Waals surface area contributed by atoms with Gasteiger partial charge in [-0.3, -0.25) is 0 Å². The summed E-state index contributed by atoms with van der Waals surface area (Å²) in [5.41, 5.74) is 0. The summed E-state index contributed by atoms with van der Waals surface area (Å²) < 4.78 is 4.83. The third-order valence-electron chi connectivity index (χ3n) is 2.41. The monoisotopic (exact) mass is 219 g/mol. The minimum Gasteiger partial charge on any atom is -0.396 e. The highest BCUT2D eigenvalue weighted by atomic mass is 16.5. The number of ether oxygens (including phenoxy) is 1. The summed E-state index contributed by atoms with van der Waals surface area (Å²) in [6, 6.07) is 0. The SMILES string of the molecule is CCCC(CCO)CNCC(O)COC. The van der Waals surface area contributed by atoms with Crippen molar-refractivity contribution in [3.63, 3.8) is 0 Å². The Morgan fingerprint density at radius 1 is 1.27 bits per heavy atom. The van der Waals surface area contributed by atoms with Crippen molar-refractivity contribution in [2.45, 2.75) is 32.3 Å².